The lowest BCUT2D eigenvalue weighted by Gasteiger charge is -2.08. The van der Waals surface area contributed by atoms with Crippen molar-refractivity contribution in [2.75, 3.05) is 16.4 Å². The number of fused-ring (bicyclic) bond motifs is 1. The second-order valence-electron chi connectivity index (χ2n) is 8.28. The van der Waals surface area contributed by atoms with E-state index in [-0.39, 0.29) is 17.6 Å². The van der Waals surface area contributed by atoms with Crippen molar-refractivity contribution < 1.29 is 9.59 Å². The molecule has 5 rings (SSSR count). The van der Waals surface area contributed by atoms with Crippen molar-refractivity contribution in [1.82, 2.24) is 4.98 Å². The molecule has 2 N–H and O–H groups in total. The fourth-order valence-corrected chi connectivity index (χ4v) is 5.18. The smallest absolute Gasteiger partial charge is 0.255 e. The van der Waals surface area contributed by atoms with Gasteiger partial charge in [-0.25, -0.2) is 4.98 Å². The van der Waals surface area contributed by atoms with Crippen molar-refractivity contribution in [2.24, 2.45) is 0 Å². The second kappa shape index (κ2) is 10.8. The SMILES string of the molecule is Cc1ccc(C(=O)Nc2cccc(SCC(=O)Nc3nc(-c4ccc5ccccc5c4)cs3)c2)cc1. The third kappa shape index (κ3) is 5.82. The lowest BCUT2D eigenvalue weighted by Crippen LogP contribution is -2.14. The number of thiazole rings is 1. The van der Waals surface area contributed by atoms with E-state index in [1.165, 1.54) is 28.5 Å². The van der Waals surface area contributed by atoms with Gasteiger partial charge in [-0.2, -0.15) is 0 Å². The molecule has 0 saturated carbocycles. The summed E-state index contributed by atoms with van der Waals surface area (Å²) in [5.74, 6) is -0.0605. The maximum atomic E-state index is 12.5. The Morgan fingerprint density at radius 3 is 2.50 bits per heavy atom. The Morgan fingerprint density at radius 2 is 1.67 bits per heavy atom. The van der Waals surface area contributed by atoms with Crippen LogP contribution in [0.3, 0.4) is 0 Å². The Balaban J connectivity index is 1.17. The van der Waals surface area contributed by atoms with Gasteiger partial charge in [0.15, 0.2) is 5.13 Å². The van der Waals surface area contributed by atoms with Crippen molar-refractivity contribution >= 4 is 56.5 Å². The summed E-state index contributed by atoms with van der Waals surface area (Å²) in [5.41, 5.74) is 4.25. The molecule has 4 aromatic carbocycles. The highest BCUT2D eigenvalue weighted by molar-refractivity contribution is 8.00. The molecule has 0 saturated heterocycles. The highest BCUT2D eigenvalue weighted by Gasteiger charge is 2.11. The third-order valence-electron chi connectivity index (χ3n) is 5.57. The first-order valence-corrected chi connectivity index (χ1v) is 13.3. The lowest BCUT2D eigenvalue weighted by molar-refractivity contribution is -0.113. The minimum absolute atomic E-state index is 0.131. The number of hydrogen-bond donors (Lipinski definition) is 2. The molecule has 1 heterocycles. The monoisotopic (exact) mass is 509 g/mol. The van der Waals surface area contributed by atoms with Crippen LogP contribution in [0.4, 0.5) is 10.8 Å². The van der Waals surface area contributed by atoms with Crippen LogP contribution in [0.2, 0.25) is 0 Å². The van der Waals surface area contributed by atoms with Crippen LogP contribution in [0.1, 0.15) is 15.9 Å². The number of benzene rings is 4. The fraction of sp³-hybridized carbons (Fsp3) is 0.0690. The number of nitrogens with one attached hydrogen (secondary N) is 2. The zero-order valence-electron chi connectivity index (χ0n) is 19.5. The number of carbonyl (C=O) groups is 2. The average molecular weight is 510 g/mol. The quantitative estimate of drug-likeness (QED) is 0.227. The number of aromatic nitrogens is 1. The van der Waals surface area contributed by atoms with Gasteiger partial charge >= 0.3 is 0 Å². The standard InChI is InChI=1S/C29H23N3O2S2/c1-19-9-11-21(12-10-19)28(34)30-24-7-4-8-25(16-24)35-18-27(33)32-29-31-26(17-36-29)23-14-13-20-5-2-3-6-22(20)15-23/h2-17H,18H2,1H3,(H,30,34)(H,31,32,33). The number of anilines is 2. The topological polar surface area (TPSA) is 71.1 Å². The molecule has 0 radical (unpaired) electrons. The van der Waals surface area contributed by atoms with E-state index >= 15 is 0 Å². The van der Waals surface area contributed by atoms with Crippen molar-refractivity contribution in [3.63, 3.8) is 0 Å². The van der Waals surface area contributed by atoms with Crippen LogP contribution in [-0.4, -0.2) is 22.6 Å². The molecule has 0 unspecified atom stereocenters. The van der Waals surface area contributed by atoms with E-state index < -0.39 is 0 Å². The van der Waals surface area contributed by atoms with E-state index in [2.05, 4.69) is 39.9 Å². The molecule has 2 amide bonds. The Kier molecular flexibility index (Phi) is 7.11. The van der Waals surface area contributed by atoms with E-state index in [0.29, 0.717) is 16.4 Å². The second-order valence-corrected chi connectivity index (χ2v) is 10.2. The van der Waals surface area contributed by atoms with E-state index in [9.17, 15) is 9.59 Å². The number of amides is 2. The van der Waals surface area contributed by atoms with Gasteiger partial charge in [-0.05, 0) is 54.1 Å². The van der Waals surface area contributed by atoms with E-state index in [1.54, 1.807) is 12.1 Å². The van der Waals surface area contributed by atoms with Gasteiger partial charge in [0.05, 0.1) is 11.4 Å². The largest absolute Gasteiger partial charge is 0.322 e. The van der Waals surface area contributed by atoms with Crippen LogP contribution in [0, 0.1) is 6.92 Å². The first kappa shape index (κ1) is 23.8. The number of nitrogens with zero attached hydrogens (tertiary/aromatic N) is 1. The maximum Gasteiger partial charge on any atom is 0.255 e. The minimum Gasteiger partial charge on any atom is -0.322 e. The molecular weight excluding hydrogens is 486 g/mol. The number of thioether (sulfide) groups is 1. The molecule has 5 aromatic rings. The summed E-state index contributed by atoms with van der Waals surface area (Å²) in [4.78, 5) is 30.5. The van der Waals surface area contributed by atoms with E-state index in [1.807, 2.05) is 66.9 Å². The van der Waals surface area contributed by atoms with Crippen LogP contribution >= 0.6 is 23.1 Å². The third-order valence-corrected chi connectivity index (χ3v) is 7.32. The van der Waals surface area contributed by atoms with Crippen LogP contribution in [-0.2, 0) is 4.79 Å². The highest BCUT2D eigenvalue weighted by atomic mass is 32.2. The summed E-state index contributed by atoms with van der Waals surface area (Å²) >= 11 is 2.81. The average Bonchev–Trinajstić information content (AvgIpc) is 3.36. The summed E-state index contributed by atoms with van der Waals surface area (Å²) in [6, 6.07) is 29.3. The molecule has 178 valence electrons. The number of rotatable bonds is 7. The number of hydrogen-bond acceptors (Lipinski definition) is 5. The molecule has 0 aliphatic heterocycles. The van der Waals surface area contributed by atoms with E-state index in [0.717, 1.165) is 27.1 Å². The van der Waals surface area contributed by atoms with Crippen LogP contribution in [0.25, 0.3) is 22.0 Å². The van der Waals surface area contributed by atoms with Gasteiger partial charge in [0.2, 0.25) is 5.91 Å². The summed E-state index contributed by atoms with van der Waals surface area (Å²) < 4.78 is 0. The minimum atomic E-state index is -0.166. The van der Waals surface area contributed by atoms with Crippen molar-refractivity contribution in [1.29, 1.82) is 0 Å². The Morgan fingerprint density at radius 1 is 0.861 bits per heavy atom. The molecule has 7 heteroatoms. The van der Waals surface area contributed by atoms with Gasteiger partial charge in [0.1, 0.15) is 0 Å². The predicted molar refractivity (Wildman–Crippen MR) is 150 cm³/mol. The molecule has 0 spiro atoms. The molecule has 0 atom stereocenters. The summed E-state index contributed by atoms with van der Waals surface area (Å²) in [5, 5.41) is 10.7. The Hall–Kier alpha value is -3.94. The number of carbonyl (C=O) groups excluding carboxylic acids is 2. The fourth-order valence-electron chi connectivity index (χ4n) is 3.69. The van der Waals surface area contributed by atoms with Crippen molar-refractivity contribution in [3.8, 4) is 11.3 Å². The molecule has 5 nitrogen and oxygen atoms in total. The van der Waals surface area contributed by atoms with Gasteiger partial charge in [0.25, 0.3) is 5.91 Å². The van der Waals surface area contributed by atoms with Gasteiger partial charge in [-0.3, -0.25) is 9.59 Å². The van der Waals surface area contributed by atoms with Gasteiger partial charge in [0, 0.05) is 27.1 Å². The van der Waals surface area contributed by atoms with Crippen LogP contribution in [0.15, 0.2) is 101 Å². The molecule has 36 heavy (non-hydrogen) atoms. The molecular formula is C29H23N3O2S2. The van der Waals surface area contributed by atoms with Crippen molar-refractivity contribution in [2.45, 2.75) is 11.8 Å². The van der Waals surface area contributed by atoms with Gasteiger partial charge in [-0.15, -0.1) is 23.1 Å². The summed E-state index contributed by atoms with van der Waals surface area (Å²) in [6.07, 6.45) is 0. The summed E-state index contributed by atoms with van der Waals surface area (Å²) in [7, 11) is 0. The molecule has 0 aliphatic rings. The zero-order chi connectivity index (χ0) is 24.9. The molecule has 1 aromatic heterocycles. The predicted octanol–water partition coefficient (Wildman–Crippen LogP) is 7.25. The van der Waals surface area contributed by atoms with Gasteiger partial charge in [-0.1, -0.05) is 60.2 Å². The zero-order valence-corrected chi connectivity index (χ0v) is 21.2. The maximum absolute atomic E-state index is 12.5. The first-order chi connectivity index (χ1) is 17.5. The van der Waals surface area contributed by atoms with Gasteiger partial charge < -0.3 is 10.6 Å². The molecule has 0 fully saturated rings. The lowest BCUT2D eigenvalue weighted by atomic mass is 10.1. The van der Waals surface area contributed by atoms with Crippen molar-refractivity contribution in [3.05, 3.63) is 108 Å². The van der Waals surface area contributed by atoms with Crippen LogP contribution in [0.5, 0.6) is 0 Å². The van der Waals surface area contributed by atoms with Crippen LogP contribution < -0.4 is 10.6 Å². The highest BCUT2D eigenvalue weighted by Crippen LogP contribution is 2.28. The first-order valence-electron chi connectivity index (χ1n) is 11.4. The summed E-state index contributed by atoms with van der Waals surface area (Å²) in [6.45, 7) is 1.98. The number of aryl methyl sites for hydroxylation is 1. The Labute approximate surface area is 217 Å². The Bertz CT molecular complexity index is 1540. The normalized spacial score (nSPS) is 10.8. The molecule has 0 aliphatic carbocycles. The van der Waals surface area contributed by atoms with E-state index in [4.69, 9.17) is 0 Å². The molecule has 0 bridgehead atoms.